The number of morpholine rings is 1. The monoisotopic (exact) mass is 276 g/mol. The summed E-state index contributed by atoms with van der Waals surface area (Å²) in [6, 6.07) is 7.05. The molecular weight excluding hydrogens is 248 g/mol. The molecule has 1 fully saturated rings. The molecule has 1 heterocycles. The Bertz CT molecular complexity index is 433. The highest BCUT2D eigenvalue weighted by Gasteiger charge is 2.20. The van der Waals surface area contributed by atoms with Crippen LogP contribution in [0.2, 0.25) is 0 Å². The predicted octanol–water partition coefficient (Wildman–Crippen LogP) is 2.89. The fraction of sp³-hybridized carbons (Fsp3) is 0.647. The maximum absolute atomic E-state index is 6.05. The number of nitrogens with zero attached hydrogens (tertiary/aromatic N) is 1. The summed E-state index contributed by atoms with van der Waals surface area (Å²) >= 11 is 0. The first kappa shape index (κ1) is 15.3. The smallest absolute Gasteiger partial charge is 0.0748 e. The Hall–Kier alpha value is -1.06. The van der Waals surface area contributed by atoms with Gasteiger partial charge in [-0.25, -0.2) is 0 Å². The molecule has 1 aromatic rings. The van der Waals surface area contributed by atoms with E-state index in [0.29, 0.717) is 6.10 Å². The summed E-state index contributed by atoms with van der Waals surface area (Å²) in [7, 11) is 0. The minimum atomic E-state index is 0.271. The van der Waals surface area contributed by atoms with Crippen molar-refractivity contribution in [2.45, 2.75) is 52.2 Å². The lowest BCUT2D eigenvalue weighted by Gasteiger charge is -2.35. The van der Waals surface area contributed by atoms with E-state index in [4.69, 9.17) is 10.5 Å². The van der Waals surface area contributed by atoms with E-state index >= 15 is 0 Å². The molecule has 1 aliphatic rings. The van der Waals surface area contributed by atoms with Gasteiger partial charge in [-0.2, -0.15) is 0 Å². The van der Waals surface area contributed by atoms with Crippen molar-refractivity contribution in [3.63, 3.8) is 0 Å². The SMILES string of the molecule is CCC(N)Cc1ccc(N2CCOC(CC)C2)c(C)c1. The third kappa shape index (κ3) is 3.74. The fourth-order valence-electron chi connectivity index (χ4n) is 2.83. The minimum Gasteiger partial charge on any atom is -0.375 e. The van der Waals surface area contributed by atoms with Crippen molar-refractivity contribution in [2.75, 3.05) is 24.6 Å². The number of rotatable bonds is 5. The summed E-state index contributed by atoms with van der Waals surface area (Å²) < 4.78 is 5.75. The average Bonchev–Trinajstić information content (AvgIpc) is 2.47. The van der Waals surface area contributed by atoms with E-state index in [1.54, 1.807) is 0 Å². The highest BCUT2D eigenvalue weighted by atomic mass is 16.5. The molecule has 3 heteroatoms. The third-order valence-electron chi connectivity index (χ3n) is 4.22. The summed E-state index contributed by atoms with van der Waals surface area (Å²) in [5.74, 6) is 0. The van der Waals surface area contributed by atoms with Crippen molar-refractivity contribution in [2.24, 2.45) is 5.73 Å². The van der Waals surface area contributed by atoms with Crippen LogP contribution in [0.1, 0.15) is 37.8 Å². The molecule has 1 aromatic carbocycles. The Kier molecular flexibility index (Phi) is 5.44. The third-order valence-corrected chi connectivity index (χ3v) is 4.22. The molecule has 0 radical (unpaired) electrons. The fourth-order valence-corrected chi connectivity index (χ4v) is 2.83. The van der Waals surface area contributed by atoms with Gasteiger partial charge < -0.3 is 15.4 Å². The zero-order chi connectivity index (χ0) is 14.5. The van der Waals surface area contributed by atoms with E-state index < -0.39 is 0 Å². The highest BCUT2D eigenvalue weighted by Crippen LogP contribution is 2.24. The van der Waals surface area contributed by atoms with Crippen molar-refractivity contribution >= 4 is 5.69 Å². The average molecular weight is 276 g/mol. The molecule has 112 valence electrons. The van der Waals surface area contributed by atoms with Gasteiger partial charge in [-0.1, -0.05) is 26.0 Å². The lowest BCUT2D eigenvalue weighted by Crippen LogP contribution is -2.42. The second kappa shape index (κ2) is 7.09. The summed E-state index contributed by atoms with van der Waals surface area (Å²) in [5, 5.41) is 0. The number of aryl methyl sites for hydroxylation is 1. The van der Waals surface area contributed by atoms with Crippen LogP contribution in [0.4, 0.5) is 5.69 Å². The summed E-state index contributed by atoms with van der Waals surface area (Å²) in [6.45, 7) is 9.37. The Morgan fingerprint density at radius 3 is 2.85 bits per heavy atom. The van der Waals surface area contributed by atoms with Gasteiger partial charge in [0.15, 0.2) is 0 Å². The normalized spacial score (nSPS) is 21.0. The Balaban J connectivity index is 2.09. The number of hydrogen-bond donors (Lipinski definition) is 1. The van der Waals surface area contributed by atoms with Gasteiger partial charge in [0.2, 0.25) is 0 Å². The topological polar surface area (TPSA) is 38.5 Å². The van der Waals surface area contributed by atoms with Crippen molar-refractivity contribution in [3.05, 3.63) is 29.3 Å². The highest BCUT2D eigenvalue weighted by molar-refractivity contribution is 5.55. The van der Waals surface area contributed by atoms with Gasteiger partial charge in [0.25, 0.3) is 0 Å². The predicted molar refractivity (Wildman–Crippen MR) is 85.4 cm³/mol. The number of benzene rings is 1. The molecule has 0 spiro atoms. The van der Waals surface area contributed by atoms with Gasteiger partial charge in [0.1, 0.15) is 0 Å². The van der Waals surface area contributed by atoms with Crippen LogP contribution in [0, 0.1) is 6.92 Å². The second-order valence-electron chi connectivity index (χ2n) is 5.84. The molecule has 0 saturated carbocycles. The first-order valence-electron chi connectivity index (χ1n) is 7.85. The van der Waals surface area contributed by atoms with Gasteiger partial charge in [0.05, 0.1) is 12.7 Å². The van der Waals surface area contributed by atoms with Crippen molar-refractivity contribution in [1.29, 1.82) is 0 Å². The van der Waals surface area contributed by atoms with Crippen LogP contribution in [0.25, 0.3) is 0 Å². The maximum atomic E-state index is 6.05. The molecule has 2 unspecified atom stereocenters. The van der Waals surface area contributed by atoms with Gasteiger partial charge in [-0.3, -0.25) is 0 Å². The lowest BCUT2D eigenvalue weighted by molar-refractivity contribution is 0.0384. The second-order valence-corrected chi connectivity index (χ2v) is 5.84. The molecule has 1 aliphatic heterocycles. The van der Waals surface area contributed by atoms with Crippen LogP contribution >= 0.6 is 0 Å². The largest absolute Gasteiger partial charge is 0.375 e. The van der Waals surface area contributed by atoms with Crippen LogP contribution in [0.15, 0.2) is 18.2 Å². The lowest BCUT2D eigenvalue weighted by atomic mass is 10.0. The molecule has 2 atom stereocenters. The Morgan fingerprint density at radius 1 is 1.40 bits per heavy atom. The molecular formula is C17H28N2O. The van der Waals surface area contributed by atoms with Crippen molar-refractivity contribution in [1.82, 2.24) is 0 Å². The number of ether oxygens (including phenoxy) is 1. The van der Waals surface area contributed by atoms with Crippen LogP contribution in [0.3, 0.4) is 0 Å². The van der Waals surface area contributed by atoms with Gasteiger partial charge in [-0.15, -0.1) is 0 Å². The molecule has 0 aromatic heterocycles. The molecule has 0 amide bonds. The summed E-state index contributed by atoms with van der Waals surface area (Å²) in [6.07, 6.45) is 3.45. The first-order chi connectivity index (χ1) is 9.63. The number of nitrogens with two attached hydrogens (primary N) is 1. The van der Waals surface area contributed by atoms with E-state index in [1.807, 2.05) is 0 Å². The zero-order valence-corrected chi connectivity index (χ0v) is 13.1. The standard InChI is InChI=1S/C17H28N2O/c1-4-15(18)11-14-6-7-17(13(3)10-14)19-8-9-20-16(5-2)12-19/h6-7,10,15-16H,4-5,8-9,11-12,18H2,1-3H3. The molecule has 0 aliphatic carbocycles. The molecule has 20 heavy (non-hydrogen) atoms. The van der Waals surface area contributed by atoms with Gasteiger partial charge in [-0.05, 0) is 43.4 Å². The number of anilines is 1. The van der Waals surface area contributed by atoms with Crippen molar-refractivity contribution in [3.8, 4) is 0 Å². The van der Waals surface area contributed by atoms with E-state index in [0.717, 1.165) is 39.0 Å². The zero-order valence-electron chi connectivity index (χ0n) is 13.1. The summed E-state index contributed by atoms with van der Waals surface area (Å²) in [5.41, 5.74) is 10.1. The first-order valence-corrected chi connectivity index (χ1v) is 7.85. The maximum Gasteiger partial charge on any atom is 0.0748 e. The molecule has 3 nitrogen and oxygen atoms in total. The molecule has 1 saturated heterocycles. The van der Waals surface area contributed by atoms with Crippen LogP contribution in [-0.2, 0) is 11.2 Å². The van der Waals surface area contributed by atoms with E-state index in [9.17, 15) is 0 Å². The van der Waals surface area contributed by atoms with Crippen LogP contribution < -0.4 is 10.6 Å². The quantitative estimate of drug-likeness (QED) is 0.898. The van der Waals surface area contributed by atoms with E-state index in [2.05, 4.69) is 43.9 Å². The van der Waals surface area contributed by atoms with Crippen LogP contribution in [0.5, 0.6) is 0 Å². The number of hydrogen-bond acceptors (Lipinski definition) is 3. The van der Waals surface area contributed by atoms with Crippen LogP contribution in [-0.4, -0.2) is 31.8 Å². The van der Waals surface area contributed by atoms with Crippen molar-refractivity contribution < 1.29 is 4.74 Å². The molecule has 0 bridgehead atoms. The van der Waals surface area contributed by atoms with E-state index in [-0.39, 0.29) is 6.04 Å². The molecule has 2 rings (SSSR count). The van der Waals surface area contributed by atoms with E-state index in [1.165, 1.54) is 16.8 Å². The van der Waals surface area contributed by atoms with Gasteiger partial charge >= 0.3 is 0 Å². The summed E-state index contributed by atoms with van der Waals surface area (Å²) in [4.78, 5) is 2.45. The minimum absolute atomic E-state index is 0.271. The molecule has 2 N–H and O–H groups in total. The Labute approximate surface area is 123 Å². The Morgan fingerprint density at radius 2 is 2.20 bits per heavy atom. The van der Waals surface area contributed by atoms with Gasteiger partial charge in [0, 0.05) is 24.8 Å².